The van der Waals surface area contributed by atoms with Gasteiger partial charge in [0.1, 0.15) is 22.9 Å². The summed E-state index contributed by atoms with van der Waals surface area (Å²) in [5.41, 5.74) is 7.06. The largest absolute Gasteiger partial charge is 0.459 e. The van der Waals surface area contributed by atoms with Gasteiger partial charge >= 0.3 is 0 Å². The summed E-state index contributed by atoms with van der Waals surface area (Å²) < 4.78 is 36.1. The van der Waals surface area contributed by atoms with E-state index in [-0.39, 0.29) is 18.0 Å². The number of carbonyl (C=O) groups excluding carboxylic acids is 1. The molecule has 0 aliphatic carbocycles. The van der Waals surface area contributed by atoms with Gasteiger partial charge in [0.25, 0.3) is 5.91 Å². The lowest BCUT2D eigenvalue weighted by Crippen LogP contribution is -2.30. The van der Waals surface area contributed by atoms with Crippen molar-refractivity contribution in [3.05, 3.63) is 125 Å². The van der Waals surface area contributed by atoms with E-state index in [2.05, 4.69) is 15.5 Å². The smallest absolute Gasteiger partial charge is 0.290 e. The van der Waals surface area contributed by atoms with Gasteiger partial charge in [-0.05, 0) is 68.3 Å². The van der Waals surface area contributed by atoms with Crippen LogP contribution in [-0.2, 0) is 23.1 Å². The molecule has 9 nitrogen and oxygen atoms in total. The monoisotopic (exact) mass is 555 g/mol. The minimum absolute atomic E-state index is 0.0196. The van der Waals surface area contributed by atoms with Gasteiger partial charge in [-0.3, -0.25) is 9.20 Å². The summed E-state index contributed by atoms with van der Waals surface area (Å²) in [6.45, 7) is 5.84. The van der Waals surface area contributed by atoms with E-state index in [1.807, 2.05) is 56.3 Å². The molecular formula is C30H29N5O4S. The van der Waals surface area contributed by atoms with E-state index >= 15 is 0 Å². The highest BCUT2D eigenvalue weighted by Gasteiger charge is 2.26. The fraction of sp³-hybridized carbons (Fsp3) is 0.167. The number of amides is 1. The Morgan fingerprint density at radius 2 is 1.73 bits per heavy atom. The molecule has 0 spiro atoms. The number of sulfonamides is 1. The summed E-state index contributed by atoms with van der Waals surface area (Å²) in [5, 5.41) is 4.04. The number of hydrogen-bond donors (Lipinski definition) is 1. The lowest BCUT2D eigenvalue weighted by Gasteiger charge is -2.21. The lowest BCUT2D eigenvalue weighted by atomic mass is 10.2. The van der Waals surface area contributed by atoms with Gasteiger partial charge in [-0.2, -0.15) is 9.41 Å². The highest BCUT2D eigenvalue weighted by atomic mass is 32.2. The molecule has 0 saturated carbocycles. The minimum atomic E-state index is -3.81. The first-order valence-electron chi connectivity index (χ1n) is 12.7. The zero-order valence-corrected chi connectivity index (χ0v) is 23.2. The van der Waals surface area contributed by atoms with Crippen LogP contribution in [0.1, 0.15) is 44.4 Å². The zero-order valence-electron chi connectivity index (χ0n) is 22.4. The first-order valence-corrected chi connectivity index (χ1v) is 14.1. The van der Waals surface area contributed by atoms with Gasteiger partial charge in [-0.1, -0.05) is 48.0 Å². The van der Waals surface area contributed by atoms with Gasteiger partial charge < -0.3 is 4.42 Å². The number of fused-ring (bicyclic) bond motifs is 1. The summed E-state index contributed by atoms with van der Waals surface area (Å²) >= 11 is 0. The Labute approximate surface area is 232 Å². The third kappa shape index (κ3) is 5.88. The average molecular weight is 556 g/mol. The van der Waals surface area contributed by atoms with Crippen molar-refractivity contribution in [2.75, 3.05) is 0 Å². The molecule has 0 atom stereocenters. The summed E-state index contributed by atoms with van der Waals surface area (Å²) in [4.78, 5) is 17.5. The number of aromatic nitrogens is 2. The molecule has 0 aliphatic rings. The Morgan fingerprint density at radius 3 is 2.48 bits per heavy atom. The number of hydrazone groups is 1. The molecule has 0 unspecified atom stereocenters. The Morgan fingerprint density at radius 1 is 0.975 bits per heavy atom. The van der Waals surface area contributed by atoms with Crippen LogP contribution in [0.2, 0.25) is 0 Å². The number of hydrogen-bond acceptors (Lipinski definition) is 6. The molecule has 10 heteroatoms. The van der Waals surface area contributed by atoms with Gasteiger partial charge in [0.2, 0.25) is 10.0 Å². The van der Waals surface area contributed by atoms with Crippen molar-refractivity contribution < 1.29 is 17.6 Å². The van der Waals surface area contributed by atoms with E-state index < -0.39 is 15.9 Å². The van der Waals surface area contributed by atoms with Crippen molar-refractivity contribution in [1.82, 2.24) is 19.1 Å². The van der Waals surface area contributed by atoms with Crippen molar-refractivity contribution in [3.8, 4) is 0 Å². The third-order valence-corrected chi connectivity index (χ3v) is 8.21. The number of nitrogens with one attached hydrogen (secondary N) is 1. The second kappa shape index (κ2) is 11.3. The maximum absolute atomic E-state index is 13.6. The van der Waals surface area contributed by atoms with Crippen molar-refractivity contribution >= 4 is 27.8 Å². The molecule has 1 N–H and O–H groups in total. The van der Waals surface area contributed by atoms with Crippen LogP contribution in [0.25, 0.3) is 5.65 Å². The Bertz CT molecular complexity index is 1790. The summed E-state index contributed by atoms with van der Waals surface area (Å²) in [6, 6.07) is 23.3. The Kier molecular flexibility index (Phi) is 7.63. The first-order chi connectivity index (χ1) is 19.2. The second-order valence-electron chi connectivity index (χ2n) is 9.55. The minimum Gasteiger partial charge on any atom is -0.459 e. The van der Waals surface area contributed by atoms with Crippen molar-refractivity contribution in [2.45, 2.75) is 38.8 Å². The molecule has 5 rings (SSSR count). The molecule has 3 heterocycles. The molecule has 0 saturated heterocycles. The predicted molar refractivity (Wildman–Crippen MR) is 152 cm³/mol. The summed E-state index contributed by atoms with van der Waals surface area (Å²) in [6.07, 6.45) is 3.17. The Balaban J connectivity index is 1.32. The van der Waals surface area contributed by atoms with Crippen LogP contribution in [0.5, 0.6) is 0 Å². The van der Waals surface area contributed by atoms with E-state index in [4.69, 9.17) is 4.42 Å². The number of carbonyl (C=O) groups is 1. The molecule has 0 aliphatic heterocycles. The fourth-order valence-corrected chi connectivity index (χ4v) is 5.73. The molecule has 204 valence electrons. The van der Waals surface area contributed by atoms with E-state index in [9.17, 15) is 13.2 Å². The Hall–Kier alpha value is -4.54. The highest BCUT2D eigenvalue weighted by Crippen LogP contribution is 2.22. The van der Waals surface area contributed by atoms with E-state index in [1.165, 1.54) is 10.5 Å². The number of imidazole rings is 1. The number of rotatable bonds is 9. The average Bonchev–Trinajstić information content (AvgIpc) is 3.51. The second-order valence-corrected chi connectivity index (χ2v) is 11.5. The van der Waals surface area contributed by atoms with E-state index in [0.717, 1.165) is 16.7 Å². The fourth-order valence-electron chi connectivity index (χ4n) is 4.34. The molecule has 5 aromatic rings. The predicted octanol–water partition coefficient (Wildman–Crippen LogP) is 5.01. The number of nitrogens with zero attached hydrogens (tertiary/aromatic N) is 4. The number of benzene rings is 2. The van der Waals surface area contributed by atoms with Crippen LogP contribution in [0.3, 0.4) is 0 Å². The van der Waals surface area contributed by atoms with Crippen LogP contribution in [0.4, 0.5) is 0 Å². The van der Waals surface area contributed by atoms with Gasteiger partial charge in [-0.15, -0.1) is 0 Å². The lowest BCUT2D eigenvalue weighted by molar-refractivity contribution is 0.0948. The first kappa shape index (κ1) is 27.0. The summed E-state index contributed by atoms with van der Waals surface area (Å²) in [7, 11) is -3.81. The molecule has 0 bridgehead atoms. The third-order valence-electron chi connectivity index (χ3n) is 6.40. The molecule has 0 fully saturated rings. The van der Waals surface area contributed by atoms with Crippen molar-refractivity contribution in [3.63, 3.8) is 0 Å². The van der Waals surface area contributed by atoms with Crippen LogP contribution < -0.4 is 5.43 Å². The molecule has 0 radical (unpaired) electrons. The maximum atomic E-state index is 13.6. The van der Waals surface area contributed by atoms with Gasteiger partial charge in [0.05, 0.1) is 23.3 Å². The molecular weight excluding hydrogens is 526 g/mol. The molecule has 3 aromatic heterocycles. The maximum Gasteiger partial charge on any atom is 0.290 e. The summed E-state index contributed by atoms with van der Waals surface area (Å²) in [5.74, 6) is 0.399. The standard InChI is InChI=1S/C30H29N5O4S/c1-21-9-13-27(14-10-21)40(37,38)34(19-24-7-5-4-6-8-24)20-26-12-11-25(39-26)18-31-33-30(36)29-23(3)32-28-17-22(2)15-16-35(28)29/h4-18H,19-20H2,1-3H3,(H,33,36). The molecule has 2 aromatic carbocycles. The van der Waals surface area contributed by atoms with Gasteiger partial charge in [-0.25, -0.2) is 18.8 Å². The number of aryl methyl sites for hydroxylation is 3. The SMILES string of the molecule is Cc1ccc(S(=O)(=O)N(Cc2ccccc2)Cc2ccc(C=NNC(=O)c3c(C)nc4cc(C)ccn34)o2)cc1. The van der Waals surface area contributed by atoms with Crippen LogP contribution >= 0.6 is 0 Å². The van der Waals surface area contributed by atoms with Gasteiger partial charge in [0, 0.05) is 12.7 Å². The highest BCUT2D eigenvalue weighted by molar-refractivity contribution is 7.89. The molecule has 40 heavy (non-hydrogen) atoms. The normalized spacial score (nSPS) is 12.0. The number of furan rings is 1. The van der Waals surface area contributed by atoms with Crippen LogP contribution in [-0.4, -0.2) is 34.2 Å². The molecule has 1 amide bonds. The van der Waals surface area contributed by atoms with Crippen LogP contribution in [0, 0.1) is 20.8 Å². The van der Waals surface area contributed by atoms with Crippen molar-refractivity contribution in [2.24, 2.45) is 5.10 Å². The van der Waals surface area contributed by atoms with Gasteiger partial charge in [0.15, 0.2) is 0 Å². The van der Waals surface area contributed by atoms with E-state index in [0.29, 0.717) is 28.6 Å². The number of pyridine rings is 1. The zero-order chi connectivity index (χ0) is 28.3. The quantitative estimate of drug-likeness (QED) is 0.203. The topological polar surface area (TPSA) is 109 Å². The van der Waals surface area contributed by atoms with E-state index in [1.54, 1.807) is 53.9 Å². The van der Waals surface area contributed by atoms with Crippen LogP contribution in [0.15, 0.2) is 99.5 Å². The van der Waals surface area contributed by atoms with Crippen molar-refractivity contribution in [1.29, 1.82) is 0 Å².